The Kier molecular flexibility index (Phi) is 3.46. The van der Waals surface area contributed by atoms with Crippen LogP contribution in [-0.4, -0.2) is 40.4 Å². The van der Waals surface area contributed by atoms with E-state index in [1.165, 1.54) is 12.8 Å². The van der Waals surface area contributed by atoms with Crippen LogP contribution < -0.4 is 5.32 Å². The molecule has 1 aliphatic heterocycles. The van der Waals surface area contributed by atoms with E-state index in [2.05, 4.69) is 20.2 Å². The second-order valence-electron chi connectivity index (χ2n) is 4.98. The summed E-state index contributed by atoms with van der Waals surface area (Å²) in [6, 6.07) is 5.95. The molecule has 0 radical (unpaired) electrons. The number of hydrogen-bond acceptors (Lipinski definition) is 3. The number of hydrogen-bond donors (Lipinski definition) is 2. The van der Waals surface area contributed by atoms with Gasteiger partial charge in [0.1, 0.15) is 5.65 Å². The van der Waals surface area contributed by atoms with Gasteiger partial charge in [0.15, 0.2) is 0 Å². The normalized spacial score (nSPS) is 16.0. The summed E-state index contributed by atoms with van der Waals surface area (Å²) in [6.45, 7) is 3.08. The summed E-state index contributed by atoms with van der Waals surface area (Å²) in [4.78, 5) is 21.5. The molecular weight excluding hydrogens is 240 g/mol. The molecule has 2 aromatic rings. The molecule has 2 N–H and O–H groups in total. The van der Waals surface area contributed by atoms with Crippen molar-refractivity contribution in [3.8, 4) is 0 Å². The predicted molar refractivity (Wildman–Crippen MR) is 73.6 cm³/mol. The van der Waals surface area contributed by atoms with E-state index in [1.807, 2.05) is 24.4 Å². The summed E-state index contributed by atoms with van der Waals surface area (Å²) < 4.78 is 0. The van der Waals surface area contributed by atoms with E-state index < -0.39 is 0 Å². The molecule has 100 valence electrons. The van der Waals surface area contributed by atoms with E-state index >= 15 is 0 Å². The van der Waals surface area contributed by atoms with Crippen molar-refractivity contribution >= 4 is 16.9 Å². The van der Waals surface area contributed by atoms with Crippen molar-refractivity contribution in [2.45, 2.75) is 19.4 Å². The second kappa shape index (κ2) is 5.40. The van der Waals surface area contributed by atoms with E-state index in [1.54, 1.807) is 0 Å². The van der Waals surface area contributed by atoms with Crippen LogP contribution in [0.25, 0.3) is 11.0 Å². The van der Waals surface area contributed by atoms with Gasteiger partial charge in [0.25, 0.3) is 0 Å². The first-order chi connectivity index (χ1) is 9.31. The molecule has 0 atom stereocenters. The summed E-state index contributed by atoms with van der Waals surface area (Å²) in [7, 11) is 0. The Balaban J connectivity index is 1.54. The average Bonchev–Trinajstić information content (AvgIpc) is 3.06. The third kappa shape index (κ3) is 2.93. The van der Waals surface area contributed by atoms with E-state index in [0.29, 0.717) is 13.1 Å². The fourth-order valence-electron chi connectivity index (χ4n) is 2.46. The monoisotopic (exact) mass is 258 g/mol. The van der Waals surface area contributed by atoms with Gasteiger partial charge in [0.2, 0.25) is 5.91 Å². The van der Waals surface area contributed by atoms with Crippen molar-refractivity contribution in [1.29, 1.82) is 0 Å². The number of amides is 1. The SMILES string of the molecule is O=C(CN1CCCC1)NCc1ccc2cc[nH]c2n1. The molecule has 1 saturated heterocycles. The van der Waals surface area contributed by atoms with Crippen LogP contribution in [0.4, 0.5) is 0 Å². The number of H-pyrrole nitrogens is 1. The summed E-state index contributed by atoms with van der Waals surface area (Å²) >= 11 is 0. The van der Waals surface area contributed by atoms with Crippen LogP contribution in [0.15, 0.2) is 24.4 Å². The number of carbonyl (C=O) groups is 1. The average molecular weight is 258 g/mol. The van der Waals surface area contributed by atoms with Gasteiger partial charge in [-0.25, -0.2) is 4.98 Å². The van der Waals surface area contributed by atoms with Gasteiger partial charge in [0.05, 0.1) is 18.8 Å². The zero-order chi connectivity index (χ0) is 13.1. The van der Waals surface area contributed by atoms with E-state index in [9.17, 15) is 4.79 Å². The molecule has 0 bridgehead atoms. The summed E-state index contributed by atoms with van der Waals surface area (Å²) in [5.41, 5.74) is 1.75. The molecule has 0 saturated carbocycles. The highest BCUT2D eigenvalue weighted by Gasteiger charge is 2.14. The maximum Gasteiger partial charge on any atom is 0.234 e. The van der Waals surface area contributed by atoms with Crippen LogP contribution in [0.5, 0.6) is 0 Å². The summed E-state index contributed by atoms with van der Waals surface area (Å²) in [6.07, 6.45) is 4.28. The first-order valence-electron chi connectivity index (χ1n) is 6.73. The van der Waals surface area contributed by atoms with Gasteiger partial charge in [0, 0.05) is 11.6 Å². The standard InChI is InChI=1S/C14H18N4O/c19-13(10-18-7-1-2-8-18)16-9-12-4-3-11-5-6-15-14(11)17-12/h3-6H,1-2,7-10H2,(H,15,17)(H,16,19). The maximum absolute atomic E-state index is 11.8. The molecule has 3 rings (SSSR count). The lowest BCUT2D eigenvalue weighted by atomic mass is 10.3. The number of rotatable bonds is 4. The lowest BCUT2D eigenvalue weighted by molar-refractivity contribution is -0.122. The Labute approximate surface area is 112 Å². The number of carbonyl (C=O) groups excluding carboxylic acids is 1. The molecule has 3 heterocycles. The summed E-state index contributed by atoms with van der Waals surface area (Å²) in [5, 5.41) is 4.02. The van der Waals surface area contributed by atoms with Crippen molar-refractivity contribution in [2.75, 3.05) is 19.6 Å². The molecular formula is C14H18N4O. The second-order valence-corrected chi connectivity index (χ2v) is 4.98. The Hall–Kier alpha value is -1.88. The van der Waals surface area contributed by atoms with Crippen LogP contribution >= 0.6 is 0 Å². The number of likely N-dealkylation sites (tertiary alicyclic amines) is 1. The molecule has 5 nitrogen and oxygen atoms in total. The largest absolute Gasteiger partial charge is 0.349 e. The van der Waals surface area contributed by atoms with E-state index in [0.717, 1.165) is 29.8 Å². The van der Waals surface area contributed by atoms with Gasteiger partial charge in [-0.2, -0.15) is 0 Å². The third-order valence-electron chi connectivity index (χ3n) is 3.50. The number of nitrogens with zero attached hydrogens (tertiary/aromatic N) is 2. The molecule has 1 amide bonds. The van der Waals surface area contributed by atoms with Gasteiger partial charge in [-0.3, -0.25) is 9.69 Å². The van der Waals surface area contributed by atoms with Crippen LogP contribution in [0, 0.1) is 0 Å². The van der Waals surface area contributed by atoms with Crippen molar-refractivity contribution in [2.24, 2.45) is 0 Å². The predicted octanol–water partition coefficient (Wildman–Crippen LogP) is 1.27. The first-order valence-corrected chi connectivity index (χ1v) is 6.73. The molecule has 5 heteroatoms. The van der Waals surface area contributed by atoms with Crippen molar-refractivity contribution in [1.82, 2.24) is 20.2 Å². The lowest BCUT2D eigenvalue weighted by Gasteiger charge is -2.13. The van der Waals surface area contributed by atoms with Crippen molar-refractivity contribution in [3.63, 3.8) is 0 Å². The van der Waals surface area contributed by atoms with Gasteiger partial charge < -0.3 is 10.3 Å². The van der Waals surface area contributed by atoms with Gasteiger partial charge in [-0.1, -0.05) is 0 Å². The first kappa shape index (κ1) is 12.2. The Morgan fingerprint density at radius 2 is 2.16 bits per heavy atom. The Morgan fingerprint density at radius 3 is 3.00 bits per heavy atom. The molecule has 1 aliphatic rings. The molecule has 0 unspecified atom stereocenters. The maximum atomic E-state index is 11.8. The van der Waals surface area contributed by atoms with Crippen molar-refractivity contribution in [3.05, 3.63) is 30.1 Å². The smallest absolute Gasteiger partial charge is 0.234 e. The molecule has 0 spiro atoms. The Morgan fingerprint density at radius 1 is 1.32 bits per heavy atom. The Bertz CT molecular complexity index is 572. The highest BCUT2D eigenvalue weighted by molar-refractivity contribution is 5.78. The molecule has 19 heavy (non-hydrogen) atoms. The van der Waals surface area contributed by atoms with Crippen LogP contribution in [-0.2, 0) is 11.3 Å². The highest BCUT2D eigenvalue weighted by atomic mass is 16.2. The minimum atomic E-state index is 0.0790. The van der Waals surface area contributed by atoms with E-state index in [-0.39, 0.29) is 5.91 Å². The number of aromatic nitrogens is 2. The fourth-order valence-corrected chi connectivity index (χ4v) is 2.46. The molecule has 0 aromatic carbocycles. The number of pyridine rings is 1. The van der Waals surface area contributed by atoms with Gasteiger partial charge >= 0.3 is 0 Å². The lowest BCUT2D eigenvalue weighted by Crippen LogP contribution is -2.35. The fraction of sp³-hybridized carbons (Fsp3) is 0.429. The highest BCUT2D eigenvalue weighted by Crippen LogP contribution is 2.10. The van der Waals surface area contributed by atoms with E-state index in [4.69, 9.17) is 0 Å². The third-order valence-corrected chi connectivity index (χ3v) is 3.50. The van der Waals surface area contributed by atoms with Gasteiger partial charge in [-0.05, 0) is 44.1 Å². The molecule has 0 aliphatic carbocycles. The zero-order valence-electron chi connectivity index (χ0n) is 10.9. The number of fused-ring (bicyclic) bond motifs is 1. The minimum absolute atomic E-state index is 0.0790. The quantitative estimate of drug-likeness (QED) is 0.868. The number of aromatic amines is 1. The number of nitrogens with one attached hydrogen (secondary N) is 2. The van der Waals surface area contributed by atoms with Crippen LogP contribution in [0.2, 0.25) is 0 Å². The minimum Gasteiger partial charge on any atom is -0.349 e. The van der Waals surface area contributed by atoms with Gasteiger partial charge in [-0.15, -0.1) is 0 Å². The molecule has 2 aromatic heterocycles. The van der Waals surface area contributed by atoms with Crippen LogP contribution in [0.3, 0.4) is 0 Å². The van der Waals surface area contributed by atoms with Crippen LogP contribution in [0.1, 0.15) is 18.5 Å². The molecule has 1 fully saturated rings. The summed E-state index contributed by atoms with van der Waals surface area (Å²) in [5.74, 6) is 0.0790. The topological polar surface area (TPSA) is 61.0 Å². The zero-order valence-corrected chi connectivity index (χ0v) is 10.9. The van der Waals surface area contributed by atoms with Crippen molar-refractivity contribution < 1.29 is 4.79 Å².